The van der Waals surface area contributed by atoms with E-state index in [-0.39, 0.29) is 0 Å². The van der Waals surface area contributed by atoms with Crippen molar-refractivity contribution in [3.63, 3.8) is 0 Å². The predicted molar refractivity (Wildman–Crippen MR) is 108 cm³/mol. The summed E-state index contributed by atoms with van der Waals surface area (Å²) < 4.78 is 11.1. The molecule has 0 aromatic rings. The Morgan fingerprint density at radius 2 is 1.79 bits per heavy atom. The van der Waals surface area contributed by atoms with Gasteiger partial charge in [0, 0.05) is 0 Å². The third kappa shape index (κ3) is 7.73. The molecule has 0 aliphatic carbocycles. The zero-order chi connectivity index (χ0) is 22.4. The number of allylic oxidation sites excluding steroid dienone is 2. The second-order valence-corrected chi connectivity index (χ2v) is 8.62. The van der Waals surface area contributed by atoms with Crippen molar-refractivity contribution in [2.45, 2.75) is 101 Å². The lowest BCUT2D eigenvalue weighted by atomic mass is 9.93. The molecular weight excluding hydrogens is 380 g/mol. The molecular formula is C21H38O8. The minimum Gasteiger partial charge on any atom is -0.394 e. The van der Waals surface area contributed by atoms with Gasteiger partial charge in [0.2, 0.25) is 0 Å². The third-order valence-electron chi connectivity index (χ3n) is 5.47. The van der Waals surface area contributed by atoms with Crippen molar-refractivity contribution in [2.24, 2.45) is 0 Å². The molecule has 7 atom stereocenters. The zero-order valence-electron chi connectivity index (χ0n) is 17.9. The molecule has 8 heteroatoms. The summed E-state index contributed by atoms with van der Waals surface area (Å²) in [5, 5.41) is 59.6. The van der Waals surface area contributed by atoms with Gasteiger partial charge in [-0.2, -0.15) is 0 Å². The van der Waals surface area contributed by atoms with Gasteiger partial charge in [-0.25, -0.2) is 0 Å². The zero-order valence-corrected chi connectivity index (χ0v) is 17.9. The fourth-order valence-corrected chi connectivity index (χ4v) is 3.07. The molecule has 0 aromatic heterocycles. The lowest BCUT2D eigenvalue weighted by molar-refractivity contribution is -0.331. The number of hydrogen-bond donors (Lipinski definition) is 6. The van der Waals surface area contributed by atoms with Crippen molar-refractivity contribution in [3.05, 3.63) is 24.3 Å². The summed E-state index contributed by atoms with van der Waals surface area (Å²) in [5.41, 5.74) is -0.953. The SMILES string of the molecule is C=CC(C)(O)CC/C=C(\C)CC[C@H](O)C(C)(C)O[C@@H]1O[C@H](CO)[C@@H](O)[C@H](O)[C@H]1O. The highest BCUT2D eigenvalue weighted by Gasteiger charge is 2.46. The molecule has 1 aliphatic rings. The first kappa shape index (κ1) is 26.2. The highest BCUT2D eigenvalue weighted by Crippen LogP contribution is 2.29. The first-order valence-electron chi connectivity index (χ1n) is 10.0. The fraction of sp³-hybridized carbons (Fsp3) is 0.810. The molecule has 0 amide bonds. The van der Waals surface area contributed by atoms with Crippen molar-refractivity contribution < 1.29 is 40.1 Å². The third-order valence-corrected chi connectivity index (χ3v) is 5.47. The molecule has 170 valence electrons. The van der Waals surface area contributed by atoms with Gasteiger partial charge in [0.1, 0.15) is 24.4 Å². The van der Waals surface area contributed by atoms with Gasteiger partial charge in [0.05, 0.1) is 23.9 Å². The average molecular weight is 419 g/mol. The van der Waals surface area contributed by atoms with Gasteiger partial charge in [-0.05, 0) is 53.4 Å². The van der Waals surface area contributed by atoms with Crippen LogP contribution in [0.5, 0.6) is 0 Å². The molecule has 6 N–H and O–H groups in total. The Bertz CT molecular complexity index is 543. The predicted octanol–water partition coefficient (Wildman–Crippen LogP) is 0.386. The van der Waals surface area contributed by atoms with Crippen LogP contribution in [0, 0.1) is 0 Å². The number of aliphatic hydroxyl groups excluding tert-OH is 5. The van der Waals surface area contributed by atoms with E-state index in [1.807, 2.05) is 13.0 Å². The maximum atomic E-state index is 10.6. The monoisotopic (exact) mass is 418 g/mol. The maximum Gasteiger partial charge on any atom is 0.187 e. The molecule has 1 saturated heterocycles. The van der Waals surface area contributed by atoms with Gasteiger partial charge in [0.15, 0.2) is 6.29 Å². The fourth-order valence-electron chi connectivity index (χ4n) is 3.07. The molecule has 29 heavy (non-hydrogen) atoms. The first-order valence-corrected chi connectivity index (χ1v) is 10.0. The Morgan fingerprint density at radius 1 is 1.17 bits per heavy atom. The lowest BCUT2D eigenvalue weighted by Gasteiger charge is -2.43. The van der Waals surface area contributed by atoms with E-state index in [9.17, 15) is 30.6 Å². The highest BCUT2D eigenvalue weighted by atomic mass is 16.7. The molecule has 0 saturated carbocycles. The number of hydrogen-bond acceptors (Lipinski definition) is 8. The summed E-state index contributed by atoms with van der Waals surface area (Å²) >= 11 is 0. The van der Waals surface area contributed by atoms with Crippen molar-refractivity contribution in [3.8, 4) is 0 Å². The standard InChI is InChI=1S/C21H38O8/c1-6-21(5,27)11-7-8-13(2)9-10-15(23)20(3,4)29-19-18(26)17(25)16(24)14(12-22)28-19/h6,8,14-19,22-27H,1,7,9-12H2,2-5H3/b13-8+/t14-,15+,16-,17+,18-,19+,21?/m1/s1. The minimum atomic E-state index is -1.53. The molecule has 0 aromatic carbocycles. The van der Waals surface area contributed by atoms with Gasteiger partial charge < -0.3 is 40.1 Å². The van der Waals surface area contributed by atoms with E-state index in [1.54, 1.807) is 20.8 Å². The Balaban J connectivity index is 2.59. The summed E-state index contributed by atoms with van der Waals surface area (Å²) in [5.74, 6) is 0. The molecule has 0 spiro atoms. The second kappa shape index (κ2) is 11.0. The summed E-state index contributed by atoms with van der Waals surface area (Å²) in [7, 11) is 0. The van der Waals surface area contributed by atoms with Crippen LogP contribution >= 0.6 is 0 Å². The Morgan fingerprint density at radius 3 is 2.34 bits per heavy atom. The van der Waals surface area contributed by atoms with Crippen molar-refractivity contribution in [1.82, 2.24) is 0 Å². The smallest absolute Gasteiger partial charge is 0.187 e. The van der Waals surface area contributed by atoms with E-state index >= 15 is 0 Å². The summed E-state index contributed by atoms with van der Waals surface area (Å²) in [6.45, 7) is 9.98. The molecule has 1 heterocycles. The van der Waals surface area contributed by atoms with Gasteiger partial charge in [-0.15, -0.1) is 6.58 Å². The molecule has 1 rings (SSSR count). The largest absolute Gasteiger partial charge is 0.394 e. The Kier molecular flexibility index (Phi) is 9.91. The van der Waals surface area contributed by atoms with Crippen LogP contribution in [0.4, 0.5) is 0 Å². The highest BCUT2D eigenvalue weighted by molar-refractivity contribution is 5.02. The normalized spacial score (nSPS) is 31.9. The summed E-state index contributed by atoms with van der Waals surface area (Å²) in [6.07, 6.45) is -1.99. The molecule has 0 bridgehead atoms. The quantitative estimate of drug-likeness (QED) is 0.265. The minimum absolute atomic E-state index is 0.393. The van der Waals surface area contributed by atoms with Crippen LogP contribution in [0.25, 0.3) is 0 Å². The Labute approximate surface area is 173 Å². The number of aliphatic hydroxyl groups is 6. The summed E-state index contributed by atoms with van der Waals surface area (Å²) in [6, 6.07) is 0. The van der Waals surface area contributed by atoms with Crippen LogP contribution in [0.15, 0.2) is 24.3 Å². The molecule has 0 radical (unpaired) electrons. The van der Waals surface area contributed by atoms with Crippen LogP contribution in [-0.2, 0) is 9.47 Å². The van der Waals surface area contributed by atoms with Gasteiger partial charge in [-0.1, -0.05) is 17.7 Å². The van der Waals surface area contributed by atoms with E-state index < -0.39 is 54.6 Å². The van der Waals surface area contributed by atoms with Gasteiger partial charge in [-0.3, -0.25) is 0 Å². The van der Waals surface area contributed by atoms with Crippen molar-refractivity contribution in [2.75, 3.05) is 6.61 Å². The van der Waals surface area contributed by atoms with Crippen LogP contribution in [-0.4, -0.2) is 85.3 Å². The lowest BCUT2D eigenvalue weighted by Crippen LogP contribution is -2.61. The maximum absolute atomic E-state index is 10.6. The number of ether oxygens (including phenoxy) is 2. The van der Waals surface area contributed by atoms with E-state index in [0.717, 1.165) is 5.57 Å². The summed E-state index contributed by atoms with van der Waals surface area (Å²) in [4.78, 5) is 0. The van der Waals surface area contributed by atoms with Gasteiger partial charge in [0.25, 0.3) is 0 Å². The second-order valence-electron chi connectivity index (χ2n) is 8.62. The van der Waals surface area contributed by atoms with Crippen molar-refractivity contribution >= 4 is 0 Å². The van der Waals surface area contributed by atoms with E-state index in [4.69, 9.17) is 9.47 Å². The average Bonchev–Trinajstić information content (AvgIpc) is 2.66. The topological polar surface area (TPSA) is 140 Å². The molecule has 1 fully saturated rings. The van der Waals surface area contributed by atoms with Gasteiger partial charge >= 0.3 is 0 Å². The van der Waals surface area contributed by atoms with Crippen LogP contribution in [0.3, 0.4) is 0 Å². The molecule has 8 nitrogen and oxygen atoms in total. The van der Waals surface area contributed by atoms with E-state index in [2.05, 4.69) is 6.58 Å². The Hall–Kier alpha value is -0.840. The first-order chi connectivity index (χ1) is 13.3. The van der Waals surface area contributed by atoms with Crippen LogP contribution in [0.1, 0.15) is 53.4 Å². The van der Waals surface area contributed by atoms with E-state index in [0.29, 0.717) is 25.7 Å². The molecule has 1 aliphatic heterocycles. The van der Waals surface area contributed by atoms with Crippen LogP contribution < -0.4 is 0 Å². The number of rotatable bonds is 11. The van der Waals surface area contributed by atoms with E-state index in [1.165, 1.54) is 6.08 Å². The van der Waals surface area contributed by atoms with Crippen LogP contribution in [0.2, 0.25) is 0 Å². The van der Waals surface area contributed by atoms with Crippen molar-refractivity contribution in [1.29, 1.82) is 0 Å². The molecule has 1 unspecified atom stereocenters.